The van der Waals surface area contributed by atoms with Gasteiger partial charge in [0, 0.05) is 38.1 Å². The van der Waals surface area contributed by atoms with E-state index < -0.39 is 0 Å². The number of piperazine rings is 1. The third-order valence-corrected chi connectivity index (χ3v) is 4.97. The minimum atomic E-state index is 0.00145. The van der Waals surface area contributed by atoms with Crippen LogP contribution in [0.1, 0.15) is 31.9 Å². The molecule has 1 fully saturated rings. The second-order valence-electron chi connectivity index (χ2n) is 8.15. The van der Waals surface area contributed by atoms with Gasteiger partial charge in [0.2, 0.25) is 5.91 Å². The number of hydrogen-bond donors (Lipinski definition) is 1. The Labute approximate surface area is 166 Å². The second-order valence-corrected chi connectivity index (χ2v) is 8.15. The van der Waals surface area contributed by atoms with Crippen LogP contribution in [-0.4, -0.2) is 48.5 Å². The first-order valence-corrected chi connectivity index (χ1v) is 9.59. The molecule has 1 aliphatic rings. The topological polar surface area (TPSA) is 72.3 Å². The van der Waals surface area contributed by atoms with E-state index in [4.69, 9.17) is 5.26 Å². The van der Waals surface area contributed by atoms with Crippen LogP contribution in [-0.2, 0) is 10.2 Å². The fourth-order valence-electron chi connectivity index (χ4n) is 3.25. The number of nitriles is 1. The number of nitrogens with one attached hydrogen (secondary N) is 1. The lowest BCUT2D eigenvalue weighted by Crippen LogP contribution is -2.48. The second kappa shape index (κ2) is 8.41. The van der Waals surface area contributed by atoms with Crippen LogP contribution in [0.25, 0.3) is 0 Å². The van der Waals surface area contributed by atoms with Crippen molar-refractivity contribution in [3.05, 3.63) is 53.7 Å². The summed E-state index contributed by atoms with van der Waals surface area (Å²) in [6, 6.07) is 13.7. The fraction of sp³-hybridized carbons (Fsp3) is 0.409. The molecule has 0 saturated carbocycles. The number of pyridine rings is 1. The van der Waals surface area contributed by atoms with Crippen molar-refractivity contribution in [3.8, 4) is 6.07 Å². The maximum Gasteiger partial charge on any atom is 0.238 e. The van der Waals surface area contributed by atoms with Crippen LogP contribution in [0, 0.1) is 11.3 Å². The Morgan fingerprint density at radius 3 is 2.43 bits per heavy atom. The normalized spacial score (nSPS) is 15.1. The molecule has 1 aromatic carbocycles. The molecule has 0 unspecified atom stereocenters. The summed E-state index contributed by atoms with van der Waals surface area (Å²) >= 11 is 0. The summed E-state index contributed by atoms with van der Waals surface area (Å²) in [6.07, 6.45) is 1.67. The zero-order valence-corrected chi connectivity index (χ0v) is 16.8. The first-order valence-electron chi connectivity index (χ1n) is 9.59. The number of aromatic nitrogens is 1. The third-order valence-electron chi connectivity index (χ3n) is 4.97. The highest BCUT2D eigenvalue weighted by Gasteiger charge is 2.20. The van der Waals surface area contributed by atoms with E-state index in [1.165, 1.54) is 5.56 Å². The van der Waals surface area contributed by atoms with E-state index in [9.17, 15) is 4.79 Å². The van der Waals surface area contributed by atoms with Crippen LogP contribution in [0.2, 0.25) is 0 Å². The van der Waals surface area contributed by atoms with Gasteiger partial charge in [-0.2, -0.15) is 5.26 Å². The zero-order chi connectivity index (χ0) is 20.1. The van der Waals surface area contributed by atoms with Gasteiger partial charge in [0.05, 0.1) is 18.2 Å². The number of amides is 1. The molecule has 0 radical (unpaired) electrons. The Bertz CT molecular complexity index is 856. The van der Waals surface area contributed by atoms with E-state index in [0.29, 0.717) is 12.1 Å². The lowest BCUT2D eigenvalue weighted by atomic mass is 9.87. The smallest absolute Gasteiger partial charge is 0.238 e. The summed E-state index contributed by atoms with van der Waals surface area (Å²) in [5, 5.41) is 12.0. The van der Waals surface area contributed by atoms with E-state index in [2.05, 4.69) is 59.1 Å². The molecule has 2 heterocycles. The van der Waals surface area contributed by atoms with Crippen LogP contribution in [0.5, 0.6) is 0 Å². The van der Waals surface area contributed by atoms with Crippen molar-refractivity contribution in [2.24, 2.45) is 0 Å². The lowest BCUT2D eigenvalue weighted by molar-refractivity contribution is -0.117. The summed E-state index contributed by atoms with van der Waals surface area (Å²) in [5.74, 6) is 0.823. The van der Waals surface area contributed by atoms with Gasteiger partial charge >= 0.3 is 0 Å². The van der Waals surface area contributed by atoms with Gasteiger partial charge in [-0.15, -0.1) is 0 Å². The number of anilines is 2. The summed E-state index contributed by atoms with van der Waals surface area (Å²) in [7, 11) is 0. The standard InChI is InChI=1S/C22H27N5O/c1-22(2,3)18-4-6-19(7-5-18)25-21(28)16-26-10-12-27(13-11-26)20-14-17(15-23)8-9-24-20/h4-9,14H,10-13,16H2,1-3H3,(H,25,28). The van der Waals surface area contributed by atoms with Crippen molar-refractivity contribution in [3.63, 3.8) is 0 Å². The van der Waals surface area contributed by atoms with Crippen molar-refractivity contribution < 1.29 is 4.79 Å². The fourth-order valence-corrected chi connectivity index (χ4v) is 3.25. The first kappa shape index (κ1) is 19.8. The molecule has 1 aromatic heterocycles. The SMILES string of the molecule is CC(C)(C)c1ccc(NC(=O)CN2CCN(c3cc(C#N)ccn3)CC2)cc1. The van der Waals surface area contributed by atoms with E-state index >= 15 is 0 Å². The predicted molar refractivity (Wildman–Crippen MR) is 111 cm³/mol. The molecule has 28 heavy (non-hydrogen) atoms. The Morgan fingerprint density at radius 1 is 1.14 bits per heavy atom. The van der Waals surface area contributed by atoms with Gasteiger partial charge < -0.3 is 10.2 Å². The summed E-state index contributed by atoms with van der Waals surface area (Å²) in [5.41, 5.74) is 2.79. The van der Waals surface area contributed by atoms with E-state index in [1.54, 1.807) is 12.3 Å². The van der Waals surface area contributed by atoms with Crippen LogP contribution in [0.3, 0.4) is 0 Å². The van der Waals surface area contributed by atoms with E-state index in [-0.39, 0.29) is 11.3 Å². The van der Waals surface area contributed by atoms with Crippen molar-refractivity contribution in [1.29, 1.82) is 5.26 Å². The highest BCUT2D eigenvalue weighted by Crippen LogP contribution is 2.23. The van der Waals surface area contributed by atoms with Crippen LogP contribution >= 0.6 is 0 Å². The van der Waals surface area contributed by atoms with Gasteiger partial charge in [-0.3, -0.25) is 9.69 Å². The lowest BCUT2D eigenvalue weighted by Gasteiger charge is -2.35. The number of rotatable bonds is 4. The minimum absolute atomic E-state index is 0.00145. The largest absolute Gasteiger partial charge is 0.354 e. The molecule has 3 rings (SSSR count). The summed E-state index contributed by atoms with van der Waals surface area (Å²) in [6.45, 7) is 10.0. The molecule has 0 bridgehead atoms. The number of carbonyl (C=O) groups is 1. The van der Waals surface area contributed by atoms with Crippen molar-refractivity contribution in [2.75, 3.05) is 42.9 Å². The maximum absolute atomic E-state index is 12.4. The van der Waals surface area contributed by atoms with Gasteiger partial charge in [-0.25, -0.2) is 4.98 Å². The average Bonchev–Trinajstić information content (AvgIpc) is 2.68. The van der Waals surface area contributed by atoms with Crippen LogP contribution < -0.4 is 10.2 Å². The van der Waals surface area contributed by atoms with Crippen molar-refractivity contribution in [2.45, 2.75) is 26.2 Å². The number of hydrogen-bond acceptors (Lipinski definition) is 5. The van der Waals surface area contributed by atoms with Gasteiger partial charge in [-0.05, 0) is 35.2 Å². The van der Waals surface area contributed by atoms with Crippen LogP contribution in [0.4, 0.5) is 11.5 Å². The number of benzene rings is 1. The van der Waals surface area contributed by atoms with Gasteiger partial charge in [0.15, 0.2) is 0 Å². The van der Waals surface area contributed by atoms with Gasteiger partial charge in [0.25, 0.3) is 0 Å². The van der Waals surface area contributed by atoms with Crippen LogP contribution in [0.15, 0.2) is 42.6 Å². The minimum Gasteiger partial charge on any atom is -0.354 e. The Morgan fingerprint density at radius 2 is 1.82 bits per heavy atom. The summed E-state index contributed by atoms with van der Waals surface area (Å²) in [4.78, 5) is 21.0. The van der Waals surface area contributed by atoms with Gasteiger partial charge in [-0.1, -0.05) is 32.9 Å². The molecule has 1 amide bonds. The highest BCUT2D eigenvalue weighted by molar-refractivity contribution is 5.92. The molecule has 1 aliphatic heterocycles. The average molecular weight is 377 g/mol. The molecule has 146 valence electrons. The first-order chi connectivity index (χ1) is 13.3. The number of nitrogens with zero attached hydrogens (tertiary/aromatic N) is 4. The van der Waals surface area contributed by atoms with Crippen molar-refractivity contribution >= 4 is 17.4 Å². The van der Waals surface area contributed by atoms with E-state index in [1.807, 2.05) is 18.2 Å². The van der Waals surface area contributed by atoms with E-state index in [0.717, 1.165) is 37.7 Å². The highest BCUT2D eigenvalue weighted by atomic mass is 16.2. The quantitative estimate of drug-likeness (QED) is 0.887. The predicted octanol–water partition coefficient (Wildman–Crippen LogP) is 3.01. The Hall–Kier alpha value is -2.91. The molecule has 1 N–H and O–H groups in total. The Kier molecular flexibility index (Phi) is 5.96. The molecule has 6 heteroatoms. The molecule has 2 aromatic rings. The molecular weight excluding hydrogens is 350 g/mol. The molecule has 0 spiro atoms. The van der Waals surface area contributed by atoms with Crippen molar-refractivity contribution in [1.82, 2.24) is 9.88 Å². The molecule has 1 saturated heterocycles. The van der Waals surface area contributed by atoms with Gasteiger partial charge in [0.1, 0.15) is 5.82 Å². The molecular formula is C22H27N5O. The monoisotopic (exact) mass is 377 g/mol. The molecule has 0 aliphatic carbocycles. The maximum atomic E-state index is 12.4. The Balaban J connectivity index is 1.49. The summed E-state index contributed by atoms with van der Waals surface area (Å²) < 4.78 is 0. The molecule has 6 nitrogen and oxygen atoms in total. The zero-order valence-electron chi connectivity index (χ0n) is 16.8. The molecule has 0 atom stereocenters. The third kappa shape index (κ3) is 5.08. The number of carbonyl (C=O) groups excluding carboxylic acids is 1.